The molecule has 1 amide bonds. The standard InChI is InChI=1S/C13H18N2O3/c1-2-18-12-4-3-11(14)7-10(12)8-15-5-6-17-9-13(15)16/h3-4,7H,2,5-6,8-9,14H2,1H3. The van der Waals surface area contributed by atoms with Crippen molar-refractivity contribution in [3.05, 3.63) is 23.8 Å². The molecule has 1 aromatic rings. The second kappa shape index (κ2) is 5.73. The maximum atomic E-state index is 11.7. The van der Waals surface area contributed by atoms with Crippen LogP contribution in [0.1, 0.15) is 12.5 Å². The zero-order valence-corrected chi connectivity index (χ0v) is 10.5. The quantitative estimate of drug-likeness (QED) is 0.810. The largest absolute Gasteiger partial charge is 0.494 e. The van der Waals surface area contributed by atoms with Gasteiger partial charge in [-0.25, -0.2) is 0 Å². The molecule has 0 aromatic heterocycles. The summed E-state index contributed by atoms with van der Waals surface area (Å²) < 4.78 is 10.6. The minimum absolute atomic E-state index is 0.00567. The summed E-state index contributed by atoms with van der Waals surface area (Å²) in [7, 11) is 0. The van der Waals surface area contributed by atoms with Crippen molar-refractivity contribution >= 4 is 11.6 Å². The van der Waals surface area contributed by atoms with E-state index in [1.165, 1.54) is 0 Å². The first-order chi connectivity index (χ1) is 8.70. The smallest absolute Gasteiger partial charge is 0.248 e. The van der Waals surface area contributed by atoms with Gasteiger partial charge < -0.3 is 20.1 Å². The van der Waals surface area contributed by atoms with Gasteiger partial charge in [0.25, 0.3) is 0 Å². The highest BCUT2D eigenvalue weighted by Crippen LogP contribution is 2.23. The van der Waals surface area contributed by atoms with E-state index in [0.29, 0.717) is 32.0 Å². The molecule has 0 unspecified atom stereocenters. The molecule has 0 aliphatic carbocycles. The highest BCUT2D eigenvalue weighted by molar-refractivity contribution is 5.78. The van der Waals surface area contributed by atoms with Gasteiger partial charge >= 0.3 is 0 Å². The van der Waals surface area contributed by atoms with Crippen molar-refractivity contribution in [2.45, 2.75) is 13.5 Å². The molecule has 2 rings (SSSR count). The van der Waals surface area contributed by atoms with E-state index >= 15 is 0 Å². The monoisotopic (exact) mass is 250 g/mol. The van der Waals surface area contributed by atoms with Crippen molar-refractivity contribution in [3.63, 3.8) is 0 Å². The van der Waals surface area contributed by atoms with Gasteiger partial charge in [-0.05, 0) is 25.1 Å². The average molecular weight is 250 g/mol. The average Bonchev–Trinajstić information content (AvgIpc) is 2.36. The Morgan fingerprint density at radius 3 is 3.06 bits per heavy atom. The summed E-state index contributed by atoms with van der Waals surface area (Å²) in [4.78, 5) is 13.4. The fraction of sp³-hybridized carbons (Fsp3) is 0.462. The summed E-state index contributed by atoms with van der Waals surface area (Å²) in [6.45, 7) is 4.39. The molecule has 5 nitrogen and oxygen atoms in total. The number of hydrogen-bond donors (Lipinski definition) is 1. The summed E-state index contributed by atoms with van der Waals surface area (Å²) in [5.74, 6) is 0.789. The summed E-state index contributed by atoms with van der Waals surface area (Å²) in [6.07, 6.45) is 0. The number of anilines is 1. The maximum Gasteiger partial charge on any atom is 0.248 e. The van der Waals surface area contributed by atoms with Crippen LogP contribution in [-0.2, 0) is 16.1 Å². The molecule has 2 N–H and O–H groups in total. The number of carbonyl (C=O) groups is 1. The molecule has 5 heteroatoms. The number of benzene rings is 1. The Kier molecular flexibility index (Phi) is 4.04. The number of ether oxygens (including phenoxy) is 2. The van der Waals surface area contributed by atoms with Gasteiger partial charge in [-0.3, -0.25) is 4.79 Å². The van der Waals surface area contributed by atoms with Crippen LogP contribution in [0.3, 0.4) is 0 Å². The molecular weight excluding hydrogens is 232 g/mol. The number of hydrogen-bond acceptors (Lipinski definition) is 4. The highest BCUT2D eigenvalue weighted by Gasteiger charge is 2.20. The van der Waals surface area contributed by atoms with Crippen molar-refractivity contribution in [2.75, 3.05) is 32.1 Å². The van der Waals surface area contributed by atoms with Crippen LogP contribution in [-0.4, -0.2) is 37.2 Å². The lowest BCUT2D eigenvalue weighted by molar-refractivity contribution is -0.143. The third-order valence-electron chi connectivity index (χ3n) is 2.83. The van der Waals surface area contributed by atoms with Gasteiger partial charge in [0, 0.05) is 24.3 Å². The zero-order chi connectivity index (χ0) is 13.0. The number of nitrogen functional groups attached to an aromatic ring is 1. The Bertz CT molecular complexity index is 434. The minimum Gasteiger partial charge on any atom is -0.494 e. The van der Waals surface area contributed by atoms with Gasteiger partial charge in [0.1, 0.15) is 12.4 Å². The molecule has 1 saturated heterocycles. The van der Waals surface area contributed by atoms with E-state index in [0.717, 1.165) is 11.3 Å². The number of nitrogens with zero attached hydrogens (tertiary/aromatic N) is 1. The van der Waals surface area contributed by atoms with Crippen LogP contribution in [0.5, 0.6) is 5.75 Å². The molecule has 0 radical (unpaired) electrons. The molecule has 1 fully saturated rings. The molecule has 0 spiro atoms. The molecule has 18 heavy (non-hydrogen) atoms. The summed E-state index contributed by atoms with van der Waals surface area (Å²) >= 11 is 0. The third-order valence-corrected chi connectivity index (χ3v) is 2.83. The lowest BCUT2D eigenvalue weighted by Crippen LogP contribution is -2.41. The molecule has 1 heterocycles. The van der Waals surface area contributed by atoms with E-state index in [9.17, 15) is 4.79 Å². The fourth-order valence-corrected chi connectivity index (χ4v) is 1.94. The fourth-order valence-electron chi connectivity index (χ4n) is 1.94. The molecule has 0 atom stereocenters. The van der Waals surface area contributed by atoms with Crippen molar-refractivity contribution < 1.29 is 14.3 Å². The Balaban J connectivity index is 2.15. The first-order valence-electron chi connectivity index (χ1n) is 6.07. The van der Waals surface area contributed by atoms with Crippen molar-refractivity contribution in [1.82, 2.24) is 4.90 Å². The molecule has 1 aliphatic rings. The first-order valence-corrected chi connectivity index (χ1v) is 6.07. The number of amides is 1. The van der Waals surface area contributed by atoms with E-state index in [4.69, 9.17) is 15.2 Å². The van der Waals surface area contributed by atoms with Gasteiger partial charge in [-0.1, -0.05) is 0 Å². The van der Waals surface area contributed by atoms with Crippen LogP contribution < -0.4 is 10.5 Å². The highest BCUT2D eigenvalue weighted by atomic mass is 16.5. The Morgan fingerprint density at radius 2 is 2.33 bits per heavy atom. The van der Waals surface area contributed by atoms with Gasteiger partial charge in [0.15, 0.2) is 0 Å². The Morgan fingerprint density at radius 1 is 1.50 bits per heavy atom. The lowest BCUT2D eigenvalue weighted by Gasteiger charge is -2.27. The van der Waals surface area contributed by atoms with Crippen LogP contribution >= 0.6 is 0 Å². The second-order valence-corrected chi connectivity index (χ2v) is 4.17. The minimum atomic E-state index is 0.00567. The maximum absolute atomic E-state index is 11.7. The number of carbonyl (C=O) groups excluding carboxylic acids is 1. The molecule has 1 aromatic carbocycles. The number of nitrogens with two attached hydrogens (primary N) is 1. The van der Waals surface area contributed by atoms with Crippen molar-refractivity contribution in [3.8, 4) is 5.75 Å². The molecule has 98 valence electrons. The van der Waals surface area contributed by atoms with E-state index in [2.05, 4.69) is 0 Å². The summed E-state index contributed by atoms with van der Waals surface area (Å²) in [5, 5.41) is 0. The zero-order valence-electron chi connectivity index (χ0n) is 10.5. The topological polar surface area (TPSA) is 64.8 Å². The van der Waals surface area contributed by atoms with Crippen LogP contribution in [0.2, 0.25) is 0 Å². The third kappa shape index (κ3) is 2.92. The van der Waals surface area contributed by atoms with Gasteiger partial charge in [-0.2, -0.15) is 0 Å². The predicted octanol–water partition coefficient (Wildman–Crippen LogP) is 1.03. The van der Waals surface area contributed by atoms with E-state index in [1.807, 2.05) is 19.1 Å². The molecule has 1 aliphatic heterocycles. The molecular formula is C13H18N2O3. The summed E-state index contributed by atoms with van der Waals surface area (Å²) in [6, 6.07) is 5.50. The van der Waals surface area contributed by atoms with Crippen LogP contribution in [0.25, 0.3) is 0 Å². The van der Waals surface area contributed by atoms with Crippen molar-refractivity contribution in [1.29, 1.82) is 0 Å². The SMILES string of the molecule is CCOc1ccc(N)cc1CN1CCOCC1=O. The Hall–Kier alpha value is -1.75. The van der Waals surface area contributed by atoms with Crippen LogP contribution in [0, 0.1) is 0 Å². The van der Waals surface area contributed by atoms with Gasteiger partial charge in [0.05, 0.1) is 13.2 Å². The second-order valence-electron chi connectivity index (χ2n) is 4.17. The lowest BCUT2D eigenvalue weighted by atomic mass is 10.1. The van der Waals surface area contributed by atoms with Crippen LogP contribution in [0.4, 0.5) is 5.69 Å². The van der Waals surface area contributed by atoms with Crippen molar-refractivity contribution in [2.24, 2.45) is 0 Å². The number of rotatable bonds is 4. The normalized spacial score (nSPS) is 15.8. The number of morpholine rings is 1. The van der Waals surface area contributed by atoms with E-state index < -0.39 is 0 Å². The van der Waals surface area contributed by atoms with Gasteiger partial charge in [0.2, 0.25) is 5.91 Å². The van der Waals surface area contributed by atoms with E-state index in [-0.39, 0.29) is 12.5 Å². The van der Waals surface area contributed by atoms with Gasteiger partial charge in [-0.15, -0.1) is 0 Å². The molecule has 0 bridgehead atoms. The van der Waals surface area contributed by atoms with Crippen LogP contribution in [0.15, 0.2) is 18.2 Å². The Labute approximate surface area is 106 Å². The summed E-state index contributed by atoms with van der Waals surface area (Å²) in [5.41, 5.74) is 7.39. The predicted molar refractivity (Wildman–Crippen MR) is 68.3 cm³/mol. The molecule has 0 saturated carbocycles. The first kappa shape index (κ1) is 12.7. The van der Waals surface area contributed by atoms with E-state index in [1.54, 1.807) is 11.0 Å².